The number of nitrogens with zero attached hydrogens (tertiary/aromatic N) is 1. The maximum absolute atomic E-state index is 13.2. The minimum absolute atomic E-state index is 0.0591. The lowest BCUT2D eigenvalue weighted by molar-refractivity contribution is -0.141. The van der Waals surface area contributed by atoms with E-state index < -0.39 is 22.5 Å². The zero-order valence-corrected chi connectivity index (χ0v) is 15.9. The Bertz CT molecular complexity index is 843. The summed E-state index contributed by atoms with van der Waals surface area (Å²) in [6.45, 7) is 5.07. The fourth-order valence-electron chi connectivity index (χ4n) is 2.54. The highest BCUT2D eigenvalue weighted by Crippen LogP contribution is 2.30. The number of benzene rings is 2. The second kappa shape index (κ2) is 7.89. The van der Waals surface area contributed by atoms with Gasteiger partial charge in [-0.2, -0.15) is 0 Å². The van der Waals surface area contributed by atoms with Gasteiger partial charge in [-0.1, -0.05) is 29.8 Å². The van der Waals surface area contributed by atoms with Crippen LogP contribution in [0.5, 0.6) is 0 Å². The molecule has 0 atom stereocenters. The van der Waals surface area contributed by atoms with Crippen molar-refractivity contribution in [2.24, 2.45) is 0 Å². The molecule has 0 N–H and O–H groups in total. The van der Waals surface area contributed by atoms with E-state index in [-0.39, 0.29) is 11.5 Å². The molecular formula is C18H20ClNO4S. The first-order valence-electron chi connectivity index (χ1n) is 7.77. The van der Waals surface area contributed by atoms with E-state index in [1.165, 1.54) is 24.3 Å². The van der Waals surface area contributed by atoms with Crippen LogP contribution >= 0.6 is 11.6 Å². The van der Waals surface area contributed by atoms with Crippen molar-refractivity contribution in [1.82, 2.24) is 0 Å². The monoisotopic (exact) mass is 381 g/mol. The van der Waals surface area contributed by atoms with Gasteiger partial charge in [0.25, 0.3) is 10.0 Å². The van der Waals surface area contributed by atoms with Gasteiger partial charge in [-0.15, -0.1) is 0 Å². The molecule has 0 aliphatic carbocycles. The van der Waals surface area contributed by atoms with Crippen LogP contribution < -0.4 is 4.31 Å². The molecule has 0 spiro atoms. The minimum atomic E-state index is -3.96. The number of anilines is 1. The van der Waals surface area contributed by atoms with E-state index in [0.29, 0.717) is 10.7 Å². The molecule has 0 fully saturated rings. The Balaban J connectivity index is 2.58. The van der Waals surface area contributed by atoms with Crippen LogP contribution in [0.2, 0.25) is 5.02 Å². The van der Waals surface area contributed by atoms with Crippen LogP contribution in [0.15, 0.2) is 47.4 Å². The summed E-state index contributed by atoms with van der Waals surface area (Å²) in [4.78, 5) is 12.1. The second-order valence-corrected chi connectivity index (χ2v) is 7.81. The van der Waals surface area contributed by atoms with Gasteiger partial charge < -0.3 is 4.74 Å². The predicted octanol–water partition coefficient (Wildman–Crippen LogP) is 3.72. The third-order valence-corrected chi connectivity index (χ3v) is 5.68. The zero-order valence-electron chi connectivity index (χ0n) is 14.3. The number of aryl methyl sites for hydroxylation is 2. The van der Waals surface area contributed by atoms with E-state index in [1.807, 2.05) is 6.07 Å². The van der Waals surface area contributed by atoms with Crippen LogP contribution in [0.1, 0.15) is 18.1 Å². The summed E-state index contributed by atoms with van der Waals surface area (Å²) in [5.74, 6) is -0.609. The number of carbonyl (C=O) groups is 1. The van der Waals surface area contributed by atoms with Gasteiger partial charge in [-0.3, -0.25) is 9.10 Å². The second-order valence-electron chi connectivity index (χ2n) is 5.51. The van der Waals surface area contributed by atoms with Gasteiger partial charge in [0.1, 0.15) is 6.54 Å². The first-order valence-corrected chi connectivity index (χ1v) is 9.59. The topological polar surface area (TPSA) is 63.7 Å². The summed E-state index contributed by atoms with van der Waals surface area (Å²) in [6, 6.07) is 11.3. The van der Waals surface area contributed by atoms with Crippen molar-refractivity contribution >= 4 is 33.3 Å². The Morgan fingerprint density at radius 3 is 2.16 bits per heavy atom. The number of rotatable bonds is 6. The summed E-state index contributed by atoms with van der Waals surface area (Å²) in [5, 5.41) is 0.433. The molecule has 0 aliphatic rings. The standard InChI is InChI=1S/C18H20ClNO4S/c1-4-24-17(21)12-20(18-13(2)6-5-7-14(18)3)25(22,23)16-10-8-15(19)9-11-16/h5-11H,4,12H2,1-3H3. The van der Waals surface area contributed by atoms with Crippen LogP contribution in [0.4, 0.5) is 5.69 Å². The number of carbonyl (C=O) groups excluding carboxylic acids is 1. The fourth-order valence-corrected chi connectivity index (χ4v) is 4.21. The molecule has 0 unspecified atom stereocenters. The van der Waals surface area contributed by atoms with Crippen molar-refractivity contribution in [2.75, 3.05) is 17.5 Å². The third kappa shape index (κ3) is 4.32. The van der Waals surface area contributed by atoms with Gasteiger partial charge in [-0.25, -0.2) is 8.42 Å². The molecule has 0 saturated carbocycles. The molecular weight excluding hydrogens is 362 g/mol. The number of para-hydroxylation sites is 1. The number of halogens is 1. The summed E-state index contributed by atoms with van der Waals surface area (Å²) >= 11 is 5.85. The SMILES string of the molecule is CCOC(=O)CN(c1c(C)cccc1C)S(=O)(=O)c1ccc(Cl)cc1. The van der Waals surface area contributed by atoms with Crippen LogP contribution in [0.25, 0.3) is 0 Å². The minimum Gasteiger partial charge on any atom is -0.465 e. The molecule has 0 amide bonds. The molecule has 0 aromatic heterocycles. The Labute approximate surface area is 153 Å². The number of sulfonamides is 1. The Morgan fingerprint density at radius 2 is 1.64 bits per heavy atom. The largest absolute Gasteiger partial charge is 0.465 e. The number of esters is 1. The molecule has 2 aromatic carbocycles. The maximum atomic E-state index is 13.2. The van der Waals surface area contributed by atoms with Crippen LogP contribution in [-0.4, -0.2) is 27.5 Å². The molecule has 25 heavy (non-hydrogen) atoms. The number of hydrogen-bond acceptors (Lipinski definition) is 4. The number of ether oxygens (including phenoxy) is 1. The van der Waals surface area contributed by atoms with E-state index in [1.54, 1.807) is 32.9 Å². The van der Waals surface area contributed by atoms with Crippen molar-refractivity contribution in [2.45, 2.75) is 25.7 Å². The van der Waals surface area contributed by atoms with Gasteiger partial charge in [0.15, 0.2) is 0 Å². The van der Waals surface area contributed by atoms with Crippen molar-refractivity contribution in [1.29, 1.82) is 0 Å². The van der Waals surface area contributed by atoms with Gasteiger partial charge in [0.05, 0.1) is 17.2 Å². The predicted molar refractivity (Wildman–Crippen MR) is 98.5 cm³/mol. The summed E-state index contributed by atoms with van der Waals surface area (Å²) < 4.78 is 32.4. The van der Waals surface area contributed by atoms with Crippen LogP contribution in [-0.2, 0) is 19.6 Å². The molecule has 7 heteroatoms. The lowest BCUT2D eigenvalue weighted by atomic mass is 10.1. The van der Waals surface area contributed by atoms with Crippen molar-refractivity contribution in [3.63, 3.8) is 0 Å². The van der Waals surface area contributed by atoms with Gasteiger partial charge in [0, 0.05) is 5.02 Å². The lowest BCUT2D eigenvalue weighted by Gasteiger charge is -2.26. The molecule has 0 bridgehead atoms. The Morgan fingerprint density at radius 1 is 1.08 bits per heavy atom. The Hall–Kier alpha value is -2.05. The smallest absolute Gasteiger partial charge is 0.326 e. The molecule has 0 radical (unpaired) electrons. The number of hydrogen-bond donors (Lipinski definition) is 0. The van der Waals surface area contributed by atoms with Gasteiger partial charge in [-0.05, 0) is 56.2 Å². The summed E-state index contributed by atoms with van der Waals surface area (Å²) in [7, 11) is -3.96. The molecule has 134 valence electrons. The van der Waals surface area contributed by atoms with E-state index in [9.17, 15) is 13.2 Å². The van der Waals surface area contributed by atoms with E-state index in [2.05, 4.69) is 0 Å². The zero-order chi connectivity index (χ0) is 18.6. The highest BCUT2D eigenvalue weighted by molar-refractivity contribution is 7.92. The lowest BCUT2D eigenvalue weighted by Crippen LogP contribution is -2.37. The third-order valence-electron chi connectivity index (χ3n) is 3.67. The Kier molecular flexibility index (Phi) is 6.08. The average molecular weight is 382 g/mol. The molecule has 0 saturated heterocycles. The fraction of sp³-hybridized carbons (Fsp3) is 0.278. The molecule has 0 aliphatic heterocycles. The highest BCUT2D eigenvalue weighted by Gasteiger charge is 2.29. The summed E-state index contributed by atoms with van der Waals surface area (Å²) in [6.07, 6.45) is 0. The first-order chi connectivity index (χ1) is 11.8. The van der Waals surface area contributed by atoms with E-state index in [0.717, 1.165) is 15.4 Å². The van der Waals surface area contributed by atoms with E-state index in [4.69, 9.17) is 16.3 Å². The maximum Gasteiger partial charge on any atom is 0.326 e. The highest BCUT2D eigenvalue weighted by atomic mass is 35.5. The average Bonchev–Trinajstić information content (AvgIpc) is 2.54. The molecule has 2 aromatic rings. The van der Waals surface area contributed by atoms with Gasteiger partial charge >= 0.3 is 5.97 Å². The van der Waals surface area contributed by atoms with Crippen molar-refractivity contribution in [3.05, 3.63) is 58.6 Å². The quantitative estimate of drug-likeness (QED) is 0.715. The van der Waals surface area contributed by atoms with Crippen LogP contribution in [0.3, 0.4) is 0 Å². The summed E-state index contributed by atoms with van der Waals surface area (Å²) in [5.41, 5.74) is 1.98. The molecule has 5 nitrogen and oxygen atoms in total. The molecule has 0 heterocycles. The van der Waals surface area contributed by atoms with Crippen molar-refractivity contribution < 1.29 is 17.9 Å². The van der Waals surface area contributed by atoms with Gasteiger partial charge in [0.2, 0.25) is 0 Å². The van der Waals surface area contributed by atoms with Crippen LogP contribution in [0, 0.1) is 13.8 Å². The normalized spacial score (nSPS) is 11.2. The first kappa shape index (κ1) is 19.3. The van der Waals surface area contributed by atoms with E-state index >= 15 is 0 Å². The molecule has 2 rings (SSSR count). The van der Waals surface area contributed by atoms with Crippen molar-refractivity contribution in [3.8, 4) is 0 Å².